The van der Waals surface area contributed by atoms with Crippen LogP contribution in [-0.4, -0.2) is 23.1 Å². The number of hydrogen-bond acceptors (Lipinski definition) is 3. The van der Waals surface area contributed by atoms with Crippen LogP contribution in [0.4, 0.5) is 0 Å². The van der Waals surface area contributed by atoms with Crippen LogP contribution in [0.2, 0.25) is 0 Å². The second-order valence-corrected chi connectivity index (χ2v) is 8.11. The number of carbonyl (C=O) groups is 2. The van der Waals surface area contributed by atoms with Crippen LogP contribution in [-0.2, 0) is 14.3 Å². The molecule has 0 aliphatic heterocycles. The van der Waals surface area contributed by atoms with Gasteiger partial charge in [0.05, 0.1) is 5.92 Å². The molecule has 26 heavy (non-hydrogen) atoms. The highest BCUT2D eigenvalue weighted by Gasteiger charge is 2.27. The third kappa shape index (κ3) is 11.5. The molecule has 0 amide bonds. The average Bonchev–Trinajstić information content (AvgIpc) is 3.43. The molecular weight excluding hydrogens is 328 g/mol. The summed E-state index contributed by atoms with van der Waals surface area (Å²) < 4.78 is 5.54. The van der Waals surface area contributed by atoms with Crippen molar-refractivity contribution in [3.8, 4) is 0 Å². The highest BCUT2D eigenvalue weighted by molar-refractivity contribution is 5.72. The number of rotatable bonds is 17. The first kappa shape index (κ1) is 23.0. The van der Waals surface area contributed by atoms with Gasteiger partial charge < -0.3 is 9.84 Å². The summed E-state index contributed by atoms with van der Waals surface area (Å²) in [6, 6.07) is 0. The summed E-state index contributed by atoms with van der Waals surface area (Å²) in [7, 11) is 0. The van der Waals surface area contributed by atoms with Gasteiger partial charge in [0.15, 0.2) is 0 Å². The van der Waals surface area contributed by atoms with Crippen LogP contribution in [0.1, 0.15) is 110 Å². The SMILES string of the molecule is CCCCCCCCCCC(OC(=O)CCCCC1CC1)C(C)C(=O)O. The van der Waals surface area contributed by atoms with Gasteiger partial charge in [-0.05, 0) is 32.1 Å². The first-order valence-corrected chi connectivity index (χ1v) is 11.0. The average molecular weight is 369 g/mol. The maximum atomic E-state index is 12.1. The minimum atomic E-state index is -0.879. The van der Waals surface area contributed by atoms with E-state index in [1.54, 1.807) is 6.92 Å². The van der Waals surface area contributed by atoms with Gasteiger partial charge in [-0.25, -0.2) is 0 Å². The molecule has 0 aromatic heterocycles. The van der Waals surface area contributed by atoms with E-state index >= 15 is 0 Å². The predicted octanol–water partition coefficient (Wildman–Crippen LogP) is 6.12. The van der Waals surface area contributed by atoms with Gasteiger partial charge in [-0.2, -0.15) is 0 Å². The van der Waals surface area contributed by atoms with E-state index in [2.05, 4.69) is 6.92 Å². The molecule has 2 atom stereocenters. The molecule has 0 saturated heterocycles. The van der Waals surface area contributed by atoms with E-state index in [1.807, 2.05) is 0 Å². The fourth-order valence-corrected chi connectivity index (χ4v) is 3.39. The molecule has 1 aliphatic carbocycles. The maximum absolute atomic E-state index is 12.1. The highest BCUT2D eigenvalue weighted by atomic mass is 16.5. The minimum absolute atomic E-state index is 0.224. The van der Waals surface area contributed by atoms with E-state index in [-0.39, 0.29) is 5.97 Å². The number of carboxylic acids is 1. The standard InChI is InChI=1S/C22H40O4/c1-3-4-5-6-7-8-9-10-14-20(18(2)22(24)25)26-21(23)15-12-11-13-19-16-17-19/h18-20H,3-17H2,1-2H3,(H,24,25). The summed E-state index contributed by atoms with van der Waals surface area (Å²) in [6.45, 7) is 3.87. The number of aliphatic carboxylic acids is 1. The van der Waals surface area contributed by atoms with Crippen molar-refractivity contribution in [1.29, 1.82) is 0 Å². The van der Waals surface area contributed by atoms with Crippen molar-refractivity contribution in [2.75, 3.05) is 0 Å². The molecule has 0 radical (unpaired) electrons. The van der Waals surface area contributed by atoms with Crippen LogP contribution < -0.4 is 0 Å². The number of carboxylic acid groups (broad SMARTS) is 1. The Labute approximate surface area is 160 Å². The smallest absolute Gasteiger partial charge is 0.309 e. The summed E-state index contributed by atoms with van der Waals surface area (Å²) in [5.41, 5.74) is 0. The van der Waals surface area contributed by atoms with E-state index < -0.39 is 18.0 Å². The Morgan fingerprint density at radius 2 is 1.58 bits per heavy atom. The molecule has 2 unspecified atom stereocenters. The molecule has 0 bridgehead atoms. The van der Waals surface area contributed by atoms with Crippen LogP contribution in [0.3, 0.4) is 0 Å². The lowest BCUT2D eigenvalue weighted by Crippen LogP contribution is -2.30. The fourth-order valence-electron chi connectivity index (χ4n) is 3.39. The van der Waals surface area contributed by atoms with E-state index in [9.17, 15) is 14.7 Å². The Morgan fingerprint density at radius 1 is 0.962 bits per heavy atom. The second-order valence-electron chi connectivity index (χ2n) is 8.11. The molecule has 4 heteroatoms. The van der Waals surface area contributed by atoms with Crippen molar-refractivity contribution in [2.45, 2.75) is 116 Å². The molecule has 0 aromatic rings. The molecule has 0 spiro atoms. The molecule has 1 aliphatic rings. The Bertz CT molecular complexity index is 390. The molecule has 1 fully saturated rings. The highest BCUT2D eigenvalue weighted by Crippen LogP contribution is 2.34. The van der Waals surface area contributed by atoms with Crippen molar-refractivity contribution >= 4 is 11.9 Å². The zero-order valence-corrected chi connectivity index (χ0v) is 17.0. The zero-order chi connectivity index (χ0) is 19.2. The van der Waals surface area contributed by atoms with Crippen LogP contribution >= 0.6 is 0 Å². The van der Waals surface area contributed by atoms with Crippen molar-refractivity contribution < 1.29 is 19.4 Å². The van der Waals surface area contributed by atoms with Crippen molar-refractivity contribution in [3.05, 3.63) is 0 Å². The third-order valence-corrected chi connectivity index (χ3v) is 5.51. The summed E-state index contributed by atoms with van der Waals surface area (Å²) >= 11 is 0. The van der Waals surface area contributed by atoms with Gasteiger partial charge in [0.25, 0.3) is 0 Å². The van der Waals surface area contributed by atoms with Crippen LogP contribution in [0, 0.1) is 11.8 Å². The quantitative estimate of drug-likeness (QED) is 0.248. The van der Waals surface area contributed by atoms with Crippen LogP contribution in [0.15, 0.2) is 0 Å². The topological polar surface area (TPSA) is 63.6 Å². The molecule has 1 N–H and O–H groups in total. The van der Waals surface area contributed by atoms with E-state index in [0.29, 0.717) is 12.8 Å². The molecular formula is C22H40O4. The lowest BCUT2D eigenvalue weighted by atomic mass is 9.98. The van der Waals surface area contributed by atoms with Gasteiger partial charge in [0, 0.05) is 6.42 Å². The molecule has 0 heterocycles. The summed E-state index contributed by atoms with van der Waals surface area (Å²) in [5, 5.41) is 9.28. The van der Waals surface area contributed by atoms with Gasteiger partial charge in [0.1, 0.15) is 6.10 Å². The lowest BCUT2D eigenvalue weighted by Gasteiger charge is -2.21. The normalized spacial score (nSPS) is 16.2. The maximum Gasteiger partial charge on any atom is 0.309 e. The first-order valence-electron chi connectivity index (χ1n) is 11.0. The Balaban J connectivity index is 2.18. The van der Waals surface area contributed by atoms with Gasteiger partial charge in [-0.3, -0.25) is 9.59 Å². The third-order valence-electron chi connectivity index (χ3n) is 5.51. The number of ether oxygens (including phenoxy) is 1. The minimum Gasteiger partial charge on any atom is -0.481 e. The Morgan fingerprint density at radius 3 is 2.15 bits per heavy atom. The van der Waals surface area contributed by atoms with Crippen LogP contribution in [0.5, 0.6) is 0 Å². The molecule has 0 aromatic carbocycles. The first-order chi connectivity index (χ1) is 12.5. The predicted molar refractivity (Wildman–Crippen MR) is 105 cm³/mol. The summed E-state index contributed by atoms with van der Waals surface area (Å²) in [5.74, 6) is -0.836. The van der Waals surface area contributed by atoms with Crippen LogP contribution in [0.25, 0.3) is 0 Å². The summed E-state index contributed by atoms with van der Waals surface area (Å²) in [4.78, 5) is 23.4. The molecule has 1 saturated carbocycles. The van der Waals surface area contributed by atoms with Crippen molar-refractivity contribution in [1.82, 2.24) is 0 Å². The fraction of sp³-hybridized carbons (Fsp3) is 0.909. The lowest BCUT2D eigenvalue weighted by molar-refractivity contribution is -0.158. The van der Waals surface area contributed by atoms with Gasteiger partial charge >= 0.3 is 11.9 Å². The largest absolute Gasteiger partial charge is 0.481 e. The van der Waals surface area contributed by atoms with E-state index in [4.69, 9.17) is 4.74 Å². The van der Waals surface area contributed by atoms with Gasteiger partial charge in [0.2, 0.25) is 0 Å². The molecule has 152 valence electrons. The Hall–Kier alpha value is -1.06. The number of esters is 1. The number of carbonyl (C=O) groups excluding carboxylic acids is 1. The second kappa shape index (κ2) is 14.1. The van der Waals surface area contributed by atoms with Crippen molar-refractivity contribution in [2.24, 2.45) is 11.8 Å². The number of unbranched alkanes of at least 4 members (excludes halogenated alkanes) is 8. The van der Waals surface area contributed by atoms with Gasteiger partial charge in [-0.1, -0.05) is 77.6 Å². The van der Waals surface area contributed by atoms with Crippen molar-refractivity contribution in [3.63, 3.8) is 0 Å². The van der Waals surface area contributed by atoms with Gasteiger partial charge in [-0.15, -0.1) is 0 Å². The Kier molecular flexibility index (Phi) is 12.4. The molecule has 4 nitrogen and oxygen atoms in total. The van der Waals surface area contributed by atoms with E-state index in [0.717, 1.165) is 31.6 Å². The zero-order valence-electron chi connectivity index (χ0n) is 17.0. The summed E-state index contributed by atoms with van der Waals surface area (Å²) in [6.07, 6.45) is 16.1. The monoisotopic (exact) mass is 368 g/mol. The number of hydrogen-bond donors (Lipinski definition) is 1. The van der Waals surface area contributed by atoms with E-state index in [1.165, 1.54) is 57.8 Å². The molecule has 1 rings (SSSR count).